The topological polar surface area (TPSA) is 105 Å². The minimum Gasteiger partial charge on any atom is -0.504 e. The molecule has 128 valence electrons. The molecule has 7 heteroatoms. The molecule has 3 rings (SSSR count). The normalized spacial score (nSPS) is 10.4. The molecule has 1 amide bonds. The van der Waals surface area contributed by atoms with Crippen LogP contribution in [-0.4, -0.2) is 23.2 Å². The summed E-state index contributed by atoms with van der Waals surface area (Å²) in [5, 5.41) is 24.1. The Morgan fingerprint density at radius 3 is 2.68 bits per heavy atom. The summed E-state index contributed by atoms with van der Waals surface area (Å²) in [5.74, 6) is -1.34. The molecule has 0 spiro atoms. The summed E-state index contributed by atoms with van der Waals surface area (Å²) >= 11 is 1.58. The van der Waals surface area contributed by atoms with E-state index in [9.17, 15) is 15.0 Å². The van der Waals surface area contributed by atoms with E-state index >= 15 is 0 Å². The maximum absolute atomic E-state index is 12.5. The van der Waals surface area contributed by atoms with Crippen LogP contribution in [0, 0.1) is 0 Å². The van der Waals surface area contributed by atoms with Crippen molar-refractivity contribution in [2.24, 2.45) is 0 Å². The quantitative estimate of drug-likeness (QED) is 0.422. The first kappa shape index (κ1) is 16.7. The predicted octanol–water partition coefficient (Wildman–Crippen LogP) is 3.67. The molecule has 5 N–H and O–H groups in total. The number of phenols is 2. The van der Waals surface area contributed by atoms with Crippen molar-refractivity contribution in [3.63, 3.8) is 0 Å². The van der Waals surface area contributed by atoms with Gasteiger partial charge < -0.3 is 26.0 Å². The van der Waals surface area contributed by atoms with Crippen LogP contribution in [0.15, 0.2) is 47.8 Å². The molecule has 0 bridgehead atoms. The summed E-state index contributed by atoms with van der Waals surface area (Å²) < 4.78 is 4.95. The van der Waals surface area contributed by atoms with Gasteiger partial charge in [-0.05, 0) is 41.3 Å². The standard InChI is InChI=1S/C18H16N2O4S/c1-24-15-9-11(8-14(21)17(15)22)18(23)20-13-7-10(4-5-12(13)19)16-3-2-6-25-16/h2-9,21-22H,19H2,1H3,(H,20,23). The lowest BCUT2D eigenvalue weighted by Gasteiger charge is -2.12. The zero-order valence-electron chi connectivity index (χ0n) is 13.3. The number of benzene rings is 2. The maximum atomic E-state index is 12.5. The van der Waals surface area contributed by atoms with Gasteiger partial charge in [0.2, 0.25) is 5.75 Å². The molecule has 2 aromatic carbocycles. The van der Waals surface area contributed by atoms with Gasteiger partial charge in [0.05, 0.1) is 18.5 Å². The minimum atomic E-state index is -0.483. The third kappa shape index (κ3) is 3.36. The van der Waals surface area contributed by atoms with Gasteiger partial charge in [-0.3, -0.25) is 4.79 Å². The number of nitrogen functional groups attached to an aromatic ring is 1. The van der Waals surface area contributed by atoms with Crippen LogP contribution in [-0.2, 0) is 0 Å². The van der Waals surface area contributed by atoms with Crippen molar-refractivity contribution in [3.8, 4) is 27.7 Å². The molecule has 0 saturated heterocycles. The third-order valence-corrected chi connectivity index (χ3v) is 4.56. The zero-order valence-corrected chi connectivity index (χ0v) is 14.1. The number of methoxy groups -OCH3 is 1. The van der Waals surface area contributed by atoms with Gasteiger partial charge in [-0.2, -0.15) is 0 Å². The van der Waals surface area contributed by atoms with Gasteiger partial charge in [-0.1, -0.05) is 12.1 Å². The average molecular weight is 356 g/mol. The number of hydrogen-bond acceptors (Lipinski definition) is 6. The van der Waals surface area contributed by atoms with Gasteiger partial charge in [0.25, 0.3) is 5.91 Å². The fourth-order valence-electron chi connectivity index (χ4n) is 2.33. The van der Waals surface area contributed by atoms with Crippen molar-refractivity contribution in [1.82, 2.24) is 0 Å². The van der Waals surface area contributed by atoms with Gasteiger partial charge in [-0.25, -0.2) is 0 Å². The molecule has 0 aliphatic carbocycles. The van der Waals surface area contributed by atoms with Crippen LogP contribution in [0.4, 0.5) is 11.4 Å². The van der Waals surface area contributed by atoms with E-state index in [0.29, 0.717) is 11.4 Å². The van der Waals surface area contributed by atoms with Crippen molar-refractivity contribution < 1.29 is 19.7 Å². The molecule has 0 unspecified atom stereocenters. The Morgan fingerprint density at radius 1 is 1.20 bits per heavy atom. The molecule has 0 atom stereocenters. The van der Waals surface area contributed by atoms with E-state index in [0.717, 1.165) is 16.5 Å². The summed E-state index contributed by atoms with van der Waals surface area (Å²) in [7, 11) is 1.33. The number of carbonyl (C=O) groups is 1. The number of rotatable bonds is 4. The molecule has 0 saturated carbocycles. The van der Waals surface area contributed by atoms with Gasteiger partial charge in [0.15, 0.2) is 11.5 Å². The smallest absolute Gasteiger partial charge is 0.255 e. The third-order valence-electron chi connectivity index (χ3n) is 3.64. The molecule has 1 aromatic heterocycles. The molecule has 1 heterocycles. The number of phenolic OH excluding ortho intramolecular Hbond substituents is 2. The van der Waals surface area contributed by atoms with Crippen molar-refractivity contribution in [1.29, 1.82) is 0 Å². The highest BCUT2D eigenvalue weighted by Gasteiger charge is 2.16. The highest BCUT2D eigenvalue weighted by Crippen LogP contribution is 2.37. The monoisotopic (exact) mass is 356 g/mol. The van der Waals surface area contributed by atoms with E-state index in [1.165, 1.54) is 13.2 Å². The second-order valence-corrected chi connectivity index (χ2v) is 6.23. The molecule has 0 radical (unpaired) electrons. The highest BCUT2D eigenvalue weighted by atomic mass is 32.1. The number of anilines is 2. The lowest BCUT2D eigenvalue weighted by Crippen LogP contribution is -2.13. The lowest BCUT2D eigenvalue weighted by atomic mass is 10.1. The highest BCUT2D eigenvalue weighted by molar-refractivity contribution is 7.13. The zero-order chi connectivity index (χ0) is 18.0. The summed E-state index contributed by atoms with van der Waals surface area (Å²) in [5.41, 5.74) is 7.90. The van der Waals surface area contributed by atoms with E-state index in [-0.39, 0.29) is 11.3 Å². The first-order valence-corrected chi connectivity index (χ1v) is 8.22. The number of hydrogen-bond donors (Lipinski definition) is 4. The molecular formula is C18H16N2O4S. The Balaban J connectivity index is 1.91. The number of thiophene rings is 1. The van der Waals surface area contributed by atoms with Crippen LogP contribution in [0.2, 0.25) is 0 Å². The molecule has 0 aliphatic heterocycles. The van der Waals surface area contributed by atoms with Crippen molar-refractivity contribution in [2.45, 2.75) is 0 Å². The summed E-state index contributed by atoms with van der Waals surface area (Å²) in [6.07, 6.45) is 0. The molecule has 6 nitrogen and oxygen atoms in total. The number of ether oxygens (including phenoxy) is 1. The van der Waals surface area contributed by atoms with E-state index in [2.05, 4.69) is 5.32 Å². The second kappa shape index (κ2) is 6.74. The molecular weight excluding hydrogens is 340 g/mol. The van der Waals surface area contributed by atoms with Crippen LogP contribution in [0.3, 0.4) is 0 Å². The number of aromatic hydroxyl groups is 2. The van der Waals surface area contributed by atoms with Crippen LogP contribution in [0.25, 0.3) is 10.4 Å². The number of carbonyl (C=O) groups excluding carboxylic acids is 1. The van der Waals surface area contributed by atoms with Gasteiger partial charge in [-0.15, -0.1) is 11.3 Å². The van der Waals surface area contributed by atoms with Crippen LogP contribution >= 0.6 is 11.3 Å². The second-order valence-electron chi connectivity index (χ2n) is 5.28. The van der Waals surface area contributed by atoms with Crippen LogP contribution < -0.4 is 15.8 Å². The SMILES string of the molecule is COc1cc(C(=O)Nc2cc(-c3cccs3)ccc2N)cc(O)c1O. The van der Waals surface area contributed by atoms with E-state index in [4.69, 9.17) is 10.5 Å². The number of amides is 1. The van der Waals surface area contributed by atoms with E-state index in [1.807, 2.05) is 23.6 Å². The van der Waals surface area contributed by atoms with Crippen LogP contribution in [0.5, 0.6) is 17.2 Å². The van der Waals surface area contributed by atoms with E-state index in [1.54, 1.807) is 23.5 Å². The van der Waals surface area contributed by atoms with Crippen molar-refractivity contribution >= 4 is 28.6 Å². The Labute approximate surface area is 148 Å². The van der Waals surface area contributed by atoms with Crippen molar-refractivity contribution in [3.05, 3.63) is 53.4 Å². The van der Waals surface area contributed by atoms with Crippen molar-refractivity contribution in [2.75, 3.05) is 18.2 Å². The lowest BCUT2D eigenvalue weighted by molar-refractivity contribution is 0.102. The largest absolute Gasteiger partial charge is 0.504 e. The fraction of sp³-hybridized carbons (Fsp3) is 0.0556. The Bertz CT molecular complexity index is 923. The van der Waals surface area contributed by atoms with Gasteiger partial charge in [0, 0.05) is 10.4 Å². The first-order valence-electron chi connectivity index (χ1n) is 7.34. The molecule has 0 fully saturated rings. The van der Waals surface area contributed by atoms with Gasteiger partial charge in [0.1, 0.15) is 0 Å². The number of nitrogens with two attached hydrogens (primary N) is 1. The predicted molar refractivity (Wildman–Crippen MR) is 98.4 cm³/mol. The molecule has 0 aliphatic rings. The fourth-order valence-corrected chi connectivity index (χ4v) is 3.06. The average Bonchev–Trinajstić information content (AvgIpc) is 3.13. The molecule has 25 heavy (non-hydrogen) atoms. The Morgan fingerprint density at radius 2 is 2.00 bits per heavy atom. The Kier molecular flexibility index (Phi) is 4.49. The Hall–Kier alpha value is -3.19. The number of nitrogens with one attached hydrogen (secondary N) is 1. The molecule has 3 aromatic rings. The maximum Gasteiger partial charge on any atom is 0.255 e. The van der Waals surface area contributed by atoms with Crippen LogP contribution in [0.1, 0.15) is 10.4 Å². The van der Waals surface area contributed by atoms with Gasteiger partial charge >= 0.3 is 0 Å². The summed E-state index contributed by atoms with van der Waals surface area (Å²) in [6, 6.07) is 11.8. The minimum absolute atomic E-state index is 0.00505. The summed E-state index contributed by atoms with van der Waals surface area (Å²) in [4.78, 5) is 13.5. The summed E-state index contributed by atoms with van der Waals surface area (Å²) in [6.45, 7) is 0. The first-order chi connectivity index (χ1) is 12.0. The van der Waals surface area contributed by atoms with E-state index < -0.39 is 17.4 Å².